The van der Waals surface area contributed by atoms with Crippen molar-refractivity contribution in [2.75, 3.05) is 45.2 Å². The molecule has 2 aromatic rings. The number of nitrogens with zero attached hydrogens (tertiary/aromatic N) is 4. The van der Waals surface area contributed by atoms with E-state index < -0.39 is 15.9 Å². The standard InChI is InChI=1S/C19H24ClN5O5S/c1-13-15(11-21-24(13)3)19(27)23(2)12-18(26)22-14-4-5-16(20)17(10-14)31(28,29)25-6-8-30-9-7-25/h4-5,10-11H,6-9,12H2,1-3H3,(H,22,26). The molecule has 2 heterocycles. The number of hydrogen-bond acceptors (Lipinski definition) is 6. The van der Waals surface area contributed by atoms with Gasteiger partial charge in [0.25, 0.3) is 5.91 Å². The fourth-order valence-electron chi connectivity index (χ4n) is 3.11. The van der Waals surface area contributed by atoms with Crippen LogP contribution in [0.5, 0.6) is 0 Å². The summed E-state index contributed by atoms with van der Waals surface area (Å²) in [5.74, 6) is -0.818. The van der Waals surface area contributed by atoms with Crippen molar-refractivity contribution in [2.45, 2.75) is 11.8 Å². The van der Waals surface area contributed by atoms with Crippen LogP contribution < -0.4 is 5.32 Å². The Morgan fingerprint density at radius 2 is 1.97 bits per heavy atom. The average Bonchev–Trinajstić information content (AvgIpc) is 3.07. The number of sulfonamides is 1. The third kappa shape index (κ3) is 5.06. The molecule has 2 amide bonds. The molecule has 1 fully saturated rings. The van der Waals surface area contributed by atoms with Gasteiger partial charge in [0.2, 0.25) is 15.9 Å². The first kappa shape index (κ1) is 23.2. The molecular formula is C19H24ClN5O5S. The predicted octanol–water partition coefficient (Wildman–Crippen LogP) is 1.11. The molecule has 1 N–H and O–H groups in total. The SMILES string of the molecule is Cc1c(C(=O)N(C)CC(=O)Nc2ccc(Cl)c(S(=O)(=O)N3CCOCC3)c2)cnn1C. The summed E-state index contributed by atoms with van der Waals surface area (Å²) >= 11 is 6.14. The minimum absolute atomic E-state index is 0.0591. The van der Waals surface area contributed by atoms with Gasteiger partial charge in [0.05, 0.1) is 36.5 Å². The second kappa shape index (κ2) is 9.35. The number of hydrogen-bond donors (Lipinski definition) is 1. The first-order valence-corrected chi connectivity index (χ1v) is 11.3. The molecule has 0 bridgehead atoms. The molecule has 10 nitrogen and oxygen atoms in total. The third-order valence-electron chi connectivity index (χ3n) is 5.00. The summed E-state index contributed by atoms with van der Waals surface area (Å²) in [6, 6.07) is 4.24. The first-order chi connectivity index (χ1) is 14.6. The number of benzene rings is 1. The minimum atomic E-state index is -3.83. The molecule has 1 saturated heterocycles. The number of carbonyl (C=O) groups is 2. The monoisotopic (exact) mass is 469 g/mol. The molecule has 0 aliphatic carbocycles. The summed E-state index contributed by atoms with van der Waals surface area (Å²) in [6.07, 6.45) is 1.45. The Labute approximate surface area is 185 Å². The first-order valence-electron chi connectivity index (χ1n) is 9.52. The number of aryl methyl sites for hydroxylation is 1. The topological polar surface area (TPSA) is 114 Å². The number of halogens is 1. The van der Waals surface area contributed by atoms with Crippen LogP contribution >= 0.6 is 11.6 Å². The molecular weight excluding hydrogens is 446 g/mol. The van der Waals surface area contributed by atoms with Crippen LogP contribution in [0.15, 0.2) is 29.3 Å². The maximum Gasteiger partial charge on any atom is 0.257 e. The van der Waals surface area contributed by atoms with Crippen LogP contribution in [-0.4, -0.2) is 79.1 Å². The van der Waals surface area contributed by atoms with Gasteiger partial charge < -0.3 is 15.0 Å². The Balaban J connectivity index is 1.71. The van der Waals surface area contributed by atoms with Crippen molar-refractivity contribution < 1.29 is 22.7 Å². The lowest BCUT2D eigenvalue weighted by Gasteiger charge is -2.26. The van der Waals surface area contributed by atoms with Crippen LogP contribution in [0.1, 0.15) is 16.1 Å². The number of rotatable bonds is 6. The van der Waals surface area contributed by atoms with Gasteiger partial charge in [-0.05, 0) is 25.1 Å². The molecule has 1 aliphatic heterocycles. The molecule has 168 valence electrons. The van der Waals surface area contributed by atoms with Crippen molar-refractivity contribution in [1.29, 1.82) is 0 Å². The van der Waals surface area contributed by atoms with Crippen molar-refractivity contribution in [3.63, 3.8) is 0 Å². The second-order valence-electron chi connectivity index (χ2n) is 7.14. The summed E-state index contributed by atoms with van der Waals surface area (Å²) in [7, 11) is -0.601. The molecule has 0 saturated carbocycles. The van der Waals surface area contributed by atoms with E-state index in [1.807, 2.05) is 0 Å². The van der Waals surface area contributed by atoms with E-state index in [1.54, 1.807) is 18.7 Å². The Kier molecular flexibility index (Phi) is 6.99. The number of amides is 2. The maximum atomic E-state index is 12.9. The maximum absolute atomic E-state index is 12.9. The van der Waals surface area contributed by atoms with Gasteiger partial charge in [0.1, 0.15) is 4.90 Å². The highest BCUT2D eigenvalue weighted by atomic mass is 35.5. The predicted molar refractivity (Wildman–Crippen MR) is 115 cm³/mol. The summed E-state index contributed by atoms with van der Waals surface area (Å²) in [5, 5.41) is 6.71. The van der Waals surface area contributed by atoms with E-state index in [1.165, 1.54) is 40.6 Å². The zero-order chi connectivity index (χ0) is 22.8. The molecule has 3 rings (SSSR count). The van der Waals surface area contributed by atoms with Crippen molar-refractivity contribution >= 4 is 39.1 Å². The molecule has 12 heteroatoms. The smallest absolute Gasteiger partial charge is 0.257 e. The van der Waals surface area contributed by atoms with Crippen molar-refractivity contribution in [3.05, 3.63) is 40.7 Å². The van der Waals surface area contributed by atoms with Gasteiger partial charge in [-0.25, -0.2) is 8.42 Å². The van der Waals surface area contributed by atoms with Crippen LogP contribution in [0.3, 0.4) is 0 Å². The van der Waals surface area contributed by atoms with Gasteiger partial charge in [-0.3, -0.25) is 14.3 Å². The highest BCUT2D eigenvalue weighted by Crippen LogP contribution is 2.28. The number of aromatic nitrogens is 2. The zero-order valence-corrected chi connectivity index (χ0v) is 19.0. The summed E-state index contributed by atoms with van der Waals surface area (Å²) in [5.41, 5.74) is 1.36. The minimum Gasteiger partial charge on any atom is -0.379 e. The third-order valence-corrected chi connectivity index (χ3v) is 7.38. The van der Waals surface area contributed by atoms with Gasteiger partial charge in [-0.2, -0.15) is 9.40 Å². The van der Waals surface area contributed by atoms with E-state index >= 15 is 0 Å². The average molecular weight is 470 g/mol. The molecule has 0 spiro atoms. The fourth-order valence-corrected chi connectivity index (χ4v) is 5.02. The van der Waals surface area contributed by atoms with E-state index in [4.69, 9.17) is 16.3 Å². The summed E-state index contributed by atoms with van der Waals surface area (Å²) in [6.45, 7) is 2.62. The van der Waals surface area contributed by atoms with Crippen LogP contribution in [0.2, 0.25) is 5.02 Å². The molecule has 1 aromatic heterocycles. The molecule has 0 radical (unpaired) electrons. The van der Waals surface area contributed by atoms with Gasteiger partial charge >= 0.3 is 0 Å². The number of ether oxygens (including phenoxy) is 1. The molecule has 1 aliphatic rings. The summed E-state index contributed by atoms with van der Waals surface area (Å²) in [4.78, 5) is 26.2. The van der Waals surface area contributed by atoms with Crippen molar-refractivity contribution in [1.82, 2.24) is 19.0 Å². The van der Waals surface area contributed by atoms with E-state index in [2.05, 4.69) is 10.4 Å². The lowest BCUT2D eigenvalue weighted by atomic mass is 10.2. The Morgan fingerprint density at radius 3 is 2.58 bits per heavy atom. The van der Waals surface area contributed by atoms with Gasteiger partial charge in [0, 0.05) is 38.6 Å². The van der Waals surface area contributed by atoms with Crippen LogP contribution in [0.4, 0.5) is 5.69 Å². The Hall–Kier alpha value is -2.47. The molecule has 31 heavy (non-hydrogen) atoms. The van der Waals surface area contributed by atoms with Gasteiger partial charge in [-0.1, -0.05) is 11.6 Å². The normalized spacial score (nSPS) is 15.0. The molecule has 0 atom stereocenters. The van der Waals surface area contributed by atoms with E-state index in [-0.39, 0.29) is 41.1 Å². The van der Waals surface area contributed by atoms with E-state index in [0.717, 1.165) is 0 Å². The quantitative estimate of drug-likeness (QED) is 0.678. The van der Waals surface area contributed by atoms with Crippen LogP contribution in [-0.2, 0) is 26.6 Å². The summed E-state index contributed by atoms with van der Waals surface area (Å²) < 4.78 is 33.9. The largest absolute Gasteiger partial charge is 0.379 e. The Morgan fingerprint density at radius 1 is 1.29 bits per heavy atom. The highest BCUT2D eigenvalue weighted by molar-refractivity contribution is 7.89. The number of anilines is 1. The Bertz CT molecular complexity index is 1100. The number of carbonyl (C=O) groups excluding carboxylic acids is 2. The number of morpholine rings is 1. The molecule has 1 aromatic carbocycles. The lowest BCUT2D eigenvalue weighted by Crippen LogP contribution is -2.40. The molecule has 0 unspecified atom stereocenters. The second-order valence-corrected chi connectivity index (χ2v) is 9.45. The van der Waals surface area contributed by atoms with Crippen LogP contribution in [0, 0.1) is 6.92 Å². The van der Waals surface area contributed by atoms with E-state index in [0.29, 0.717) is 24.5 Å². The lowest BCUT2D eigenvalue weighted by molar-refractivity contribution is -0.116. The number of nitrogens with one attached hydrogen (secondary N) is 1. The van der Waals surface area contributed by atoms with Crippen LogP contribution in [0.25, 0.3) is 0 Å². The van der Waals surface area contributed by atoms with E-state index in [9.17, 15) is 18.0 Å². The zero-order valence-electron chi connectivity index (χ0n) is 17.5. The van der Waals surface area contributed by atoms with Crippen molar-refractivity contribution in [3.8, 4) is 0 Å². The van der Waals surface area contributed by atoms with Crippen molar-refractivity contribution in [2.24, 2.45) is 7.05 Å². The number of likely N-dealkylation sites (N-methyl/N-ethyl adjacent to an activating group) is 1. The highest BCUT2D eigenvalue weighted by Gasteiger charge is 2.29. The van der Waals surface area contributed by atoms with Gasteiger partial charge in [-0.15, -0.1) is 0 Å². The van der Waals surface area contributed by atoms with Gasteiger partial charge in [0.15, 0.2) is 0 Å². The fraction of sp³-hybridized carbons (Fsp3) is 0.421.